The van der Waals surface area contributed by atoms with Gasteiger partial charge in [0.05, 0.1) is 29.7 Å². The van der Waals surface area contributed by atoms with Crippen molar-refractivity contribution in [3.05, 3.63) is 64.2 Å². The van der Waals surface area contributed by atoms with Crippen molar-refractivity contribution in [3.8, 4) is 5.75 Å². The van der Waals surface area contributed by atoms with E-state index >= 15 is 0 Å². The molecule has 1 atom stereocenters. The van der Waals surface area contributed by atoms with E-state index in [2.05, 4.69) is 10.7 Å². The topological polar surface area (TPSA) is 157 Å². The number of rotatable bonds is 9. The number of nitrogens with zero attached hydrogens (tertiary/aromatic N) is 2. The number of hydrogen-bond acceptors (Lipinski definition) is 8. The second kappa shape index (κ2) is 10.9. The number of hydrazine groups is 1. The predicted octanol–water partition coefficient (Wildman–Crippen LogP) is 1.67. The first-order valence-corrected chi connectivity index (χ1v) is 10.3. The van der Waals surface area contributed by atoms with Crippen LogP contribution in [0.1, 0.15) is 23.7 Å². The number of para-hydroxylation sites is 3. The molecule has 1 aliphatic rings. The lowest BCUT2D eigenvalue weighted by Gasteiger charge is -2.17. The molecule has 0 spiro atoms. The molecule has 1 aliphatic heterocycles. The summed E-state index contributed by atoms with van der Waals surface area (Å²) in [7, 11) is 0. The van der Waals surface area contributed by atoms with Crippen LogP contribution in [0.4, 0.5) is 11.4 Å². The van der Waals surface area contributed by atoms with Crippen molar-refractivity contribution < 1.29 is 33.6 Å². The van der Waals surface area contributed by atoms with E-state index in [-0.39, 0.29) is 18.5 Å². The highest BCUT2D eigenvalue weighted by Crippen LogP contribution is 2.24. The van der Waals surface area contributed by atoms with Crippen molar-refractivity contribution in [3.63, 3.8) is 0 Å². The highest BCUT2D eigenvalue weighted by molar-refractivity contribution is 5.99. The Hall–Kier alpha value is -4.48. The summed E-state index contributed by atoms with van der Waals surface area (Å²) in [5.74, 6) is -3.25. The molecule has 1 heterocycles. The van der Waals surface area contributed by atoms with E-state index < -0.39 is 46.8 Å². The van der Waals surface area contributed by atoms with Crippen LogP contribution in [0.2, 0.25) is 0 Å². The van der Waals surface area contributed by atoms with Gasteiger partial charge in [-0.3, -0.25) is 39.7 Å². The zero-order valence-corrected chi connectivity index (χ0v) is 18.2. The molecular formula is C22H22N4O8. The molecule has 0 aliphatic carbocycles. The number of benzene rings is 2. The van der Waals surface area contributed by atoms with E-state index in [4.69, 9.17) is 9.47 Å². The van der Waals surface area contributed by atoms with E-state index in [1.54, 1.807) is 31.2 Å². The van der Waals surface area contributed by atoms with E-state index in [0.717, 1.165) is 5.01 Å². The largest absolute Gasteiger partial charge is 0.492 e. The fourth-order valence-corrected chi connectivity index (χ4v) is 3.27. The summed E-state index contributed by atoms with van der Waals surface area (Å²) in [6.45, 7) is 1.43. The Morgan fingerprint density at radius 3 is 2.59 bits per heavy atom. The number of nitro groups is 1. The molecule has 12 heteroatoms. The zero-order valence-electron chi connectivity index (χ0n) is 18.2. The van der Waals surface area contributed by atoms with Crippen molar-refractivity contribution in [2.45, 2.75) is 13.3 Å². The Bertz CT molecular complexity index is 1120. The average molecular weight is 470 g/mol. The van der Waals surface area contributed by atoms with Crippen LogP contribution in [0.25, 0.3) is 0 Å². The molecule has 3 amide bonds. The number of carbonyl (C=O) groups excluding carboxylic acids is 4. The first-order chi connectivity index (χ1) is 16.3. The molecule has 178 valence electrons. The molecule has 3 rings (SSSR count). The lowest BCUT2D eigenvalue weighted by atomic mass is 10.1. The minimum absolute atomic E-state index is 0.196. The number of amides is 3. The Balaban J connectivity index is 1.53. The molecule has 0 bridgehead atoms. The molecular weight excluding hydrogens is 448 g/mol. The second-order valence-corrected chi connectivity index (χ2v) is 7.21. The number of hydrogen-bond donors (Lipinski definition) is 2. The summed E-state index contributed by atoms with van der Waals surface area (Å²) in [6.07, 6.45) is -0.245. The smallest absolute Gasteiger partial charge is 0.311 e. The van der Waals surface area contributed by atoms with Crippen LogP contribution in [0.3, 0.4) is 0 Å². The molecule has 2 aromatic carbocycles. The minimum atomic E-state index is -0.915. The fraction of sp³-hybridized carbons (Fsp3) is 0.273. The number of esters is 1. The monoisotopic (exact) mass is 470 g/mol. The van der Waals surface area contributed by atoms with Gasteiger partial charge in [0.2, 0.25) is 5.91 Å². The fourth-order valence-electron chi connectivity index (χ4n) is 3.27. The van der Waals surface area contributed by atoms with E-state index in [0.29, 0.717) is 18.0 Å². The van der Waals surface area contributed by atoms with Crippen LogP contribution in [-0.4, -0.2) is 53.4 Å². The molecule has 1 saturated heterocycles. The third kappa shape index (κ3) is 5.85. The predicted molar refractivity (Wildman–Crippen MR) is 118 cm³/mol. The van der Waals surface area contributed by atoms with Gasteiger partial charge in [0.15, 0.2) is 6.61 Å². The molecule has 2 N–H and O–H groups in total. The Morgan fingerprint density at radius 2 is 1.85 bits per heavy atom. The number of ether oxygens (including phenoxy) is 2. The molecule has 1 fully saturated rings. The van der Waals surface area contributed by atoms with Crippen molar-refractivity contribution >= 4 is 35.1 Å². The van der Waals surface area contributed by atoms with Gasteiger partial charge in [0.1, 0.15) is 11.3 Å². The van der Waals surface area contributed by atoms with Gasteiger partial charge >= 0.3 is 5.97 Å². The van der Waals surface area contributed by atoms with Crippen molar-refractivity contribution in [2.75, 3.05) is 25.1 Å². The summed E-state index contributed by atoms with van der Waals surface area (Å²) < 4.78 is 10.4. The first-order valence-electron chi connectivity index (χ1n) is 10.3. The van der Waals surface area contributed by atoms with Gasteiger partial charge in [-0.15, -0.1) is 0 Å². The third-order valence-corrected chi connectivity index (χ3v) is 4.85. The van der Waals surface area contributed by atoms with Gasteiger partial charge in [0, 0.05) is 12.5 Å². The van der Waals surface area contributed by atoms with Crippen LogP contribution in [0, 0.1) is 16.0 Å². The van der Waals surface area contributed by atoms with E-state index in [1.807, 2.05) is 0 Å². The van der Waals surface area contributed by atoms with Crippen molar-refractivity contribution in [1.82, 2.24) is 10.4 Å². The van der Waals surface area contributed by atoms with Gasteiger partial charge < -0.3 is 14.8 Å². The summed E-state index contributed by atoms with van der Waals surface area (Å²) in [5, 5.41) is 14.6. The van der Waals surface area contributed by atoms with Gasteiger partial charge in [-0.1, -0.05) is 24.3 Å². The second-order valence-electron chi connectivity index (χ2n) is 7.21. The number of carbonyl (C=O) groups is 4. The highest BCUT2D eigenvalue weighted by Gasteiger charge is 2.37. The Kier molecular flexibility index (Phi) is 7.75. The maximum atomic E-state index is 12.4. The first kappa shape index (κ1) is 24.2. The number of nitro benzene ring substituents is 1. The number of nitrogens with one attached hydrogen (secondary N) is 2. The Labute approximate surface area is 193 Å². The molecule has 0 saturated carbocycles. The van der Waals surface area contributed by atoms with Crippen molar-refractivity contribution in [2.24, 2.45) is 5.92 Å². The quantitative estimate of drug-likeness (QED) is 0.318. The van der Waals surface area contributed by atoms with Crippen LogP contribution in [0.15, 0.2) is 48.5 Å². The SMILES string of the molecule is CCOc1ccccc1NC(=O)COC(=O)[C@H]1CC(=O)N(NC(=O)c2ccccc2[N+](=O)[O-])C1. The standard InChI is InChI=1S/C22H22N4O8/c1-2-33-18-10-6-4-8-16(18)23-19(27)13-34-22(30)14-11-20(28)25(12-14)24-21(29)15-7-3-5-9-17(15)26(31)32/h3-10,14H,2,11-13H2,1H3,(H,23,27)(H,24,29)/t14-/m0/s1. The normalized spacial score (nSPS) is 14.9. The lowest BCUT2D eigenvalue weighted by molar-refractivity contribution is -0.385. The van der Waals surface area contributed by atoms with E-state index in [1.165, 1.54) is 24.3 Å². The maximum absolute atomic E-state index is 12.4. The summed E-state index contributed by atoms with van der Waals surface area (Å²) >= 11 is 0. The zero-order chi connectivity index (χ0) is 24.7. The van der Waals surface area contributed by atoms with Crippen LogP contribution >= 0.6 is 0 Å². The van der Waals surface area contributed by atoms with Crippen LogP contribution in [-0.2, 0) is 19.1 Å². The summed E-state index contributed by atoms with van der Waals surface area (Å²) in [4.78, 5) is 59.6. The lowest BCUT2D eigenvalue weighted by Crippen LogP contribution is -2.43. The Morgan fingerprint density at radius 1 is 1.15 bits per heavy atom. The van der Waals surface area contributed by atoms with Crippen molar-refractivity contribution in [1.29, 1.82) is 0 Å². The number of anilines is 1. The molecule has 2 aromatic rings. The van der Waals surface area contributed by atoms with E-state index in [9.17, 15) is 29.3 Å². The van der Waals surface area contributed by atoms with Gasteiger partial charge in [-0.25, -0.2) is 0 Å². The van der Waals surface area contributed by atoms with Gasteiger partial charge in [-0.2, -0.15) is 0 Å². The molecule has 0 aromatic heterocycles. The van der Waals surface area contributed by atoms with Gasteiger partial charge in [0.25, 0.3) is 17.5 Å². The molecule has 12 nitrogen and oxygen atoms in total. The third-order valence-electron chi connectivity index (χ3n) is 4.85. The highest BCUT2D eigenvalue weighted by atomic mass is 16.6. The summed E-state index contributed by atoms with van der Waals surface area (Å²) in [6, 6.07) is 12.1. The minimum Gasteiger partial charge on any atom is -0.492 e. The van der Waals surface area contributed by atoms with Gasteiger partial charge in [-0.05, 0) is 25.1 Å². The maximum Gasteiger partial charge on any atom is 0.311 e. The molecule has 0 radical (unpaired) electrons. The molecule has 34 heavy (non-hydrogen) atoms. The van der Waals surface area contributed by atoms with Crippen LogP contribution < -0.4 is 15.5 Å². The summed E-state index contributed by atoms with van der Waals surface area (Å²) in [5.41, 5.74) is 2.06. The van der Waals surface area contributed by atoms with Crippen LogP contribution in [0.5, 0.6) is 5.75 Å². The average Bonchev–Trinajstić information content (AvgIpc) is 3.19. The molecule has 0 unspecified atom stereocenters.